The lowest BCUT2D eigenvalue weighted by atomic mass is 9.85. The van der Waals surface area contributed by atoms with Crippen LogP contribution in [0.5, 0.6) is 0 Å². The number of halogens is 3. The molecule has 2 aliphatic rings. The molecular weight excluding hydrogens is 305 g/mol. The van der Waals surface area contributed by atoms with Gasteiger partial charge in [0.15, 0.2) is 0 Å². The lowest BCUT2D eigenvalue weighted by Gasteiger charge is -2.32. The van der Waals surface area contributed by atoms with E-state index in [0.29, 0.717) is 18.9 Å². The summed E-state index contributed by atoms with van der Waals surface area (Å²) in [5.41, 5.74) is 0. The Balaban J connectivity index is 1.77. The van der Waals surface area contributed by atoms with Crippen LogP contribution in [0, 0.1) is 5.92 Å². The molecule has 0 aromatic rings. The first kappa shape index (κ1) is 18.6. The zero-order valence-corrected chi connectivity index (χ0v) is 14.0. The van der Waals surface area contributed by atoms with Gasteiger partial charge < -0.3 is 5.32 Å². The first-order valence-electron chi connectivity index (χ1n) is 8.92. The number of nitrogens with one attached hydrogen (secondary N) is 1. The molecule has 1 amide bonds. The van der Waals surface area contributed by atoms with Gasteiger partial charge in [0.2, 0.25) is 5.91 Å². The van der Waals surface area contributed by atoms with Gasteiger partial charge in [-0.3, -0.25) is 9.69 Å². The van der Waals surface area contributed by atoms with Crippen molar-refractivity contribution in [3.05, 3.63) is 0 Å². The Kier molecular flexibility index (Phi) is 6.74. The lowest BCUT2D eigenvalue weighted by Crippen LogP contribution is -2.46. The number of alkyl halides is 3. The van der Waals surface area contributed by atoms with E-state index in [1.807, 2.05) is 7.05 Å². The Morgan fingerprint density at radius 3 is 2.30 bits per heavy atom. The van der Waals surface area contributed by atoms with Crippen LogP contribution in [0.2, 0.25) is 0 Å². The van der Waals surface area contributed by atoms with E-state index in [1.165, 1.54) is 25.7 Å². The highest BCUT2D eigenvalue weighted by Gasteiger charge is 2.42. The number of carbonyl (C=O) groups is 1. The number of hydrogen-bond donors (Lipinski definition) is 1. The third-order valence-electron chi connectivity index (χ3n) is 5.34. The van der Waals surface area contributed by atoms with Crippen molar-refractivity contribution in [2.24, 2.45) is 5.92 Å². The SMILES string of the molecule is CN(CC(=O)NC1CCCC(C(F)(F)F)C1)C1CCCCCC1. The summed E-state index contributed by atoms with van der Waals surface area (Å²) in [7, 11) is 1.95. The summed E-state index contributed by atoms with van der Waals surface area (Å²) in [4.78, 5) is 14.2. The minimum atomic E-state index is -4.14. The summed E-state index contributed by atoms with van der Waals surface area (Å²) < 4.78 is 38.5. The highest BCUT2D eigenvalue weighted by molar-refractivity contribution is 5.78. The fourth-order valence-corrected chi connectivity index (χ4v) is 3.95. The molecule has 0 saturated heterocycles. The second-order valence-electron chi connectivity index (χ2n) is 7.23. The van der Waals surface area contributed by atoms with Gasteiger partial charge in [0.1, 0.15) is 0 Å². The second kappa shape index (κ2) is 8.36. The van der Waals surface area contributed by atoms with Crippen molar-refractivity contribution in [1.29, 1.82) is 0 Å². The van der Waals surface area contributed by atoms with Gasteiger partial charge in [-0.2, -0.15) is 13.2 Å². The maximum Gasteiger partial charge on any atom is 0.391 e. The average Bonchev–Trinajstić information content (AvgIpc) is 2.75. The summed E-state index contributed by atoms with van der Waals surface area (Å²) in [6.07, 6.45) is 4.43. The van der Waals surface area contributed by atoms with Crippen LogP contribution in [0.15, 0.2) is 0 Å². The van der Waals surface area contributed by atoms with Crippen molar-refractivity contribution in [3.8, 4) is 0 Å². The molecule has 0 spiro atoms. The van der Waals surface area contributed by atoms with Gasteiger partial charge in [0, 0.05) is 12.1 Å². The Hall–Kier alpha value is -0.780. The summed E-state index contributed by atoms with van der Waals surface area (Å²) in [5.74, 6) is -1.40. The average molecular weight is 334 g/mol. The molecule has 0 aromatic carbocycles. The molecule has 23 heavy (non-hydrogen) atoms. The van der Waals surface area contributed by atoms with Crippen molar-refractivity contribution in [3.63, 3.8) is 0 Å². The lowest BCUT2D eigenvalue weighted by molar-refractivity contribution is -0.184. The molecule has 0 aliphatic heterocycles. The van der Waals surface area contributed by atoms with Gasteiger partial charge in [-0.15, -0.1) is 0 Å². The Morgan fingerprint density at radius 1 is 1.04 bits per heavy atom. The molecule has 2 fully saturated rings. The number of carbonyl (C=O) groups excluding carboxylic acids is 1. The largest absolute Gasteiger partial charge is 0.391 e. The van der Waals surface area contributed by atoms with Crippen LogP contribution in [0.3, 0.4) is 0 Å². The molecule has 2 aliphatic carbocycles. The first-order valence-corrected chi connectivity index (χ1v) is 8.92. The molecule has 3 nitrogen and oxygen atoms in total. The van der Waals surface area contributed by atoms with Gasteiger partial charge >= 0.3 is 6.18 Å². The maximum absolute atomic E-state index is 12.8. The molecule has 2 unspecified atom stereocenters. The smallest absolute Gasteiger partial charge is 0.352 e. The number of amides is 1. The molecule has 1 N–H and O–H groups in total. The van der Waals surface area contributed by atoms with Crippen molar-refractivity contribution >= 4 is 5.91 Å². The molecular formula is C17H29F3N2O. The maximum atomic E-state index is 12.8. The Morgan fingerprint density at radius 2 is 1.70 bits per heavy atom. The van der Waals surface area contributed by atoms with E-state index >= 15 is 0 Å². The fourth-order valence-electron chi connectivity index (χ4n) is 3.95. The minimum Gasteiger partial charge on any atom is -0.352 e. The van der Waals surface area contributed by atoms with Crippen molar-refractivity contribution in [2.45, 2.75) is 82.5 Å². The first-order chi connectivity index (χ1) is 10.9. The van der Waals surface area contributed by atoms with E-state index in [4.69, 9.17) is 0 Å². The number of rotatable bonds is 4. The van der Waals surface area contributed by atoms with Crippen molar-refractivity contribution in [2.75, 3.05) is 13.6 Å². The highest BCUT2D eigenvalue weighted by Crippen LogP contribution is 2.37. The van der Waals surface area contributed by atoms with Crippen LogP contribution in [0.1, 0.15) is 64.2 Å². The van der Waals surface area contributed by atoms with Gasteiger partial charge in [0.05, 0.1) is 12.5 Å². The van der Waals surface area contributed by atoms with Gasteiger partial charge in [-0.25, -0.2) is 0 Å². The third kappa shape index (κ3) is 5.98. The van der Waals surface area contributed by atoms with E-state index in [0.717, 1.165) is 12.8 Å². The number of likely N-dealkylation sites (N-methyl/N-ethyl adjacent to an activating group) is 1. The second-order valence-corrected chi connectivity index (χ2v) is 7.23. The van der Waals surface area contributed by atoms with Crippen LogP contribution >= 0.6 is 0 Å². The van der Waals surface area contributed by atoms with Gasteiger partial charge in [0.25, 0.3) is 0 Å². The van der Waals surface area contributed by atoms with Crippen LogP contribution in [0.4, 0.5) is 13.2 Å². The molecule has 2 rings (SSSR count). The van der Waals surface area contributed by atoms with E-state index in [1.54, 1.807) is 0 Å². The van der Waals surface area contributed by atoms with Crippen molar-refractivity contribution in [1.82, 2.24) is 10.2 Å². The predicted molar refractivity (Wildman–Crippen MR) is 84.1 cm³/mol. The molecule has 2 saturated carbocycles. The van der Waals surface area contributed by atoms with Gasteiger partial charge in [-0.05, 0) is 39.2 Å². The number of hydrogen-bond acceptors (Lipinski definition) is 2. The molecule has 6 heteroatoms. The monoisotopic (exact) mass is 334 g/mol. The Bertz CT molecular complexity index is 379. The summed E-state index contributed by atoms with van der Waals surface area (Å²) in [6.45, 7) is 0.290. The standard InChI is InChI=1S/C17H29F3N2O/c1-22(15-9-4-2-3-5-10-15)12-16(23)21-14-8-6-7-13(11-14)17(18,19)20/h13-15H,2-12H2,1H3,(H,21,23). The zero-order chi connectivity index (χ0) is 16.9. The quantitative estimate of drug-likeness (QED) is 0.792. The highest BCUT2D eigenvalue weighted by atomic mass is 19.4. The van der Waals surface area contributed by atoms with Crippen molar-refractivity contribution < 1.29 is 18.0 Å². The molecule has 0 heterocycles. The molecule has 2 atom stereocenters. The summed E-state index contributed by atoms with van der Waals surface area (Å²) in [6, 6.07) is 0.0999. The molecule has 0 bridgehead atoms. The van der Waals surface area contributed by atoms with E-state index in [-0.39, 0.29) is 31.3 Å². The van der Waals surface area contributed by atoms with E-state index in [9.17, 15) is 18.0 Å². The third-order valence-corrected chi connectivity index (χ3v) is 5.34. The fraction of sp³-hybridized carbons (Fsp3) is 0.941. The summed E-state index contributed by atoms with van der Waals surface area (Å²) >= 11 is 0. The minimum absolute atomic E-state index is 0.0301. The zero-order valence-electron chi connectivity index (χ0n) is 14.0. The van der Waals surface area contributed by atoms with Crippen LogP contribution in [0.25, 0.3) is 0 Å². The number of nitrogens with zero attached hydrogens (tertiary/aromatic N) is 1. The molecule has 0 radical (unpaired) electrons. The van der Waals surface area contributed by atoms with Crippen LogP contribution in [-0.2, 0) is 4.79 Å². The normalized spacial score (nSPS) is 27.7. The molecule has 134 valence electrons. The van der Waals surface area contributed by atoms with E-state index < -0.39 is 12.1 Å². The van der Waals surface area contributed by atoms with Crippen LogP contribution < -0.4 is 5.32 Å². The topological polar surface area (TPSA) is 32.3 Å². The predicted octanol–water partition coefficient (Wildman–Crippen LogP) is 3.88. The summed E-state index contributed by atoms with van der Waals surface area (Å²) in [5, 5.41) is 2.83. The van der Waals surface area contributed by atoms with Gasteiger partial charge in [-0.1, -0.05) is 32.1 Å². The molecule has 0 aromatic heterocycles. The van der Waals surface area contributed by atoms with E-state index in [2.05, 4.69) is 10.2 Å². The Labute approximate surface area is 137 Å². The van der Waals surface area contributed by atoms with Crippen LogP contribution in [-0.4, -0.2) is 42.7 Å².